The zero-order chi connectivity index (χ0) is 13.5. The molecule has 0 amide bonds. The zero-order valence-corrected chi connectivity index (χ0v) is 10.5. The molecule has 0 aliphatic heterocycles. The second-order valence-corrected chi connectivity index (χ2v) is 5.89. The van der Waals surface area contributed by atoms with E-state index in [0.717, 1.165) is 0 Å². The first-order valence-electron chi connectivity index (χ1n) is 5.35. The number of rotatable bonds is 0. The van der Waals surface area contributed by atoms with Crippen LogP contribution in [0.15, 0.2) is 0 Å². The number of hydrogen-bond donors (Lipinski definition) is 0. The van der Waals surface area contributed by atoms with E-state index in [1.807, 2.05) is 24.3 Å². The van der Waals surface area contributed by atoms with E-state index in [-0.39, 0.29) is 0 Å². The van der Waals surface area contributed by atoms with E-state index in [2.05, 4.69) is 0 Å². The molecule has 0 aromatic rings. The third-order valence-corrected chi connectivity index (χ3v) is 4.15. The number of nitriles is 4. The van der Waals surface area contributed by atoms with E-state index in [1.54, 1.807) is 27.7 Å². The molecule has 1 aliphatic carbocycles. The highest BCUT2D eigenvalue weighted by Gasteiger charge is 2.75. The maximum absolute atomic E-state index is 9.41. The van der Waals surface area contributed by atoms with Crippen molar-refractivity contribution in [3.63, 3.8) is 0 Å². The van der Waals surface area contributed by atoms with Gasteiger partial charge >= 0.3 is 0 Å². The van der Waals surface area contributed by atoms with Gasteiger partial charge in [-0.05, 0) is 17.3 Å². The smallest absolute Gasteiger partial charge is 0.180 e. The topological polar surface area (TPSA) is 95.2 Å². The second-order valence-electron chi connectivity index (χ2n) is 5.89. The van der Waals surface area contributed by atoms with E-state index >= 15 is 0 Å². The van der Waals surface area contributed by atoms with Gasteiger partial charge in [-0.15, -0.1) is 0 Å². The van der Waals surface area contributed by atoms with Crippen molar-refractivity contribution in [3.8, 4) is 24.3 Å². The van der Waals surface area contributed by atoms with Crippen LogP contribution in [0.2, 0.25) is 0 Å². The summed E-state index contributed by atoms with van der Waals surface area (Å²) in [5, 5.41) is 37.6. The van der Waals surface area contributed by atoms with Crippen LogP contribution in [-0.4, -0.2) is 0 Å². The van der Waals surface area contributed by atoms with E-state index in [9.17, 15) is 21.0 Å². The van der Waals surface area contributed by atoms with Crippen LogP contribution in [-0.2, 0) is 0 Å². The van der Waals surface area contributed by atoms with Gasteiger partial charge in [-0.25, -0.2) is 0 Å². The molecule has 0 N–H and O–H groups in total. The minimum atomic E-state index is -1.59. The van der Waals surface area contributed by atoms with Gasteiger partial charge in [0, 0.05) is 0 Å². The maximum atomic E-state index is 9.41. The average Bonchev–Trinajstić information content (AvgIpc) is 2.37. The summed E-state index contributed by atoms with van der Waals surface area (Å²) in [7, 11) is 0. The molecular formula is C13H14N4. The highest BCUT2D eigenvalue weighted by Crippen LogP contribution is 2.69. The fraction of sp³-hybridized carbons (Fsp3) is 0.692. The summed E-state index contributed by atoms with van der Waals surface area (Å²) >= 11 is 0. The molecule has 0 bridgehead atoms. The molecule has 0 heterocycles. The molecule has 0 atom stereocenters. The van der Waals surface area contributed by atoms with Crippen LogP contribution < -0.4 is 0 Å². The number of hydrogen-bond acceptors (Lipinski definition) is 4. The highest BCUT2D eigenvalue weighted by atomic mass is 14.7. The molecule has 1 rings (SSSR count). The van der Waals surface area contributed by atoms with Crippen molar-refractivity contribution in [2.45, 2.75) is 34.1 Å². The Morgan fingerprint density at radius 1 is 0.647 bits per heavy atom. The highest BCUT2D eigenvalue weighted by molar-refractivity contribution is 5.44. The fourth-order valence-electron chi connectivity index (χ4n) is 3.38. The molecule has 0 saturated heterocycles. The summed E-state index contributed by atoms with van der Waals surface area (Å²) in [5.74, 6) is 0. The molecule has 1 saturated carbocycles. The minimum absolute atomic E-state index is 0.488. The van der Waals surface area contributed by atoms with Crippen LogP contribution in [0.1, 0.15) is 34.1 Å². The summed E-state index contributed by atoms with van der Waals surface area (Å²) in [5.41, 5.74) is -4.56. The van der Waals surface area contributed by atoms with Gasteiger partial charge in [-0.3, -0.25) is 0 Å². The van der Waals surface area contributed by atoms with Gasteiger partial charge in [0.25, 0.3) is 0 Å². The molecule has 4 heteroatoms. The van der Waals surface area contributed by atoms with Crippen LogP contribution in [0.3, 0.4) is 0 Å². The Hall–Kier alpha value is -2.04. The molecule has 17 heavy (non-hydrogen) atoms. The minimum Gasteiger partial charge on any atom is -0.196 e. The first kappa shape index (κ1) is 13.0. The lowest BCUT2D eigenvalue weighted by Crippen LogP contribution is -2.45. The monoisotopic (exact) mass is 226 g/mol. The Bertz CT molecular complexity index is 438. The zero-order valence-electron chi connectivity index (χ0n) is 10.5. The van der Waals surface area contributed by atoms with Crippen molar-refractivity contribution in [1.82, 2.24) is 0 Å². The lowest BCUT2D eigenvalue weighted by atomic mass is 9.56. The second kappa shape index (κ2) is 3.23. The van der Waals surface area contributed by atoms with Crippen molar-refractivity contribution < 1.29 is 0 Å². The normalized spacial score (nSPS) is 25.9. The Balaban J connectivity index is 3.80. The van der Waals surface area contributed by atoms with Crippen molar-refractivity contribution in [1.29, 1.82) is 21.0 Å². The molecule has 4 nitrogen and oxygen atoms in total. The first-order chi connectivity index (χ1) is 7.70. The number of nitrogens with zero attached hydrogens (tertiary/aromatic N) is 4. The van der Waals surface area contributed by atoms with Gasteiger partial charge in [0.2, 0.25) is 0 Å². The van der Waals surface area contributed by atoms with Crippen molar-refractivity contribution in [3.05, 3.63) is 0 Å². The van der Waals surface area contributed by atoms with E-state index in [0.29, 0.717) is 6.42 Å². The largest absolute Gasteiger partial charge is 0.196 e. The standard InChI is InChI=1S/C13H14N4/c1-10(2)5-11(3,4)13(8-16,9-17)12(10,6-14)7-15/h5H2,1-4H3. The average molecular weight is 226 g/mol. The van der Waals surface area contributed by atoms with Gasteiger partial charge in [-0.2, -0.15) is 21.0 Å². The predicted octanol–water partition coefficient (Wildman–Crippen LogP) is 2.51. The van der Waals surface area contributed by atoms with Crippen LogP contribution in [0, 0.1) is 67.0 Å². The molecule has 0 aromatic heterocycles. The fourth-order valence-corrected chi connectivity index (χ4v) is 3.38. The summed E-state index contributed by atoms with van der Waals surface area (Å²) in [6.45, 7) is 7.10. The van der Waals surface area contributed by atoms with Gasteiger partial charge in [0.15, 0.2) is 10.8 Å². The molecule has 0 spiro atoms. The van der Waals surface area contributed by atoms with Crippen LogP contribution in [0.25, 0.3) is 0 Å². The first-order valence-corrected chi connectivity index (χ1v) is 5.35. The van der Waals surface area contributed by atoms with Crippen molar-refractivity contribution in [2.75, 3.05) is 0 Å². The summed E-state index contributed by atoms with van der Waals surface area (Å²) in [6, 6.07) is 7.84. The lowest BCUT2D eigenvalue weighted by molar-refractivity contribution is 0.161. The Kier molecular flexibility index (Phi) is 2.47. The third kappa shape index (κ3) is 1.08. The molecule has 0 radical (unpaired) electrons. The van der Waals surface area contributed by atoms with Crippen LogP contribution in [0.5, 0.6) is 0 Å². The predicted molar refractivity (Wildman–Crippen MR) is 59.5 cm³/mol. The molecule has 0 aromatic carbocycles. The Morgan fingerprint density at radius 3 is 1.06 bits per heavy atom. The third-order valence-electron chi connectivity index (χ3n) is 4.15. The van der Waals surface area contributed by atoms with Crippen molar-refractivity contribution in [2.24, 2.45) is 21.7 Å². The van der Waals surface area contributed by atoms with E-state index in [4.69, 9.17) is 0 Å². The van der Waals surface area contributed by atoms with Crippen molar-refractivity contribution >= 4 is 0 Å². The van der Waals surface area contributed by atoms with Gasteiger partial charge in [0.1, 0.15) is 0 Å². The Morgan fingerprint density at radius 2 is 0.882 bits per heavy atom. The molecule has 0 unspecified atom stereocenters. The molecule has 86 valence electrons. The van der Waals surface area contributed by atoms with E-state index < -0.39 is 21.7 Å². The van der Waals surface area contributed by atoms with E-state index in [1.165, 1.54) is 0 Å². The summed E-state index contributed by atoms with van der Waals surface area (Å²) in [6.07, 6.45) is 0.488. The van der Waals surface area contributed by atoms with Gasteiger partial charge in [0.05, 0.1) is 24.3 Å². The summed E-state index contributed by atoms with van der Waals surface area (Å²) < 4.78 is 0. The van der Waals surface area contributed by atoms with Crippen LogP contribution in [0.4, 0.5) is 0 Å². The van der Waals surface area contributed by atoms with Gasteiger partial charge < -0.3 is 0 Å². The molecular weight excluding hydrogens is 212 g/mol. The Labute approximate surface area is 102 Å². The quantitative estimate of drug-likeness (QED) is 0.634. The SMILES string of the molecule is CC1(C)CC(C)(C)C(C#N)(C#N)C1(C#N)C#N. The van der Waals surface area contributed by atoms with Crippen LogP contribution >= 0.6 is 0 Å². The summed E-state index contributed by atoms with van der Waals surface area (Å²) in [4.78, 5) is 0. The molecule has 1 aliphatic rings. The molecule has 1 fully saturated rings. The maximum Gasteiger partial charge on any atom is 0.180 e. The van der Waals surface area contributed by atoms with Gasteiger partial charge in [-0.1, -0.05) is 27.7 Å². The lowest BCUT2D eigenvalue weighted by Gasteiger charge is -2.36.